The van der Waals surface area contributed by atoms with E-state index in [4.69, 9.17) is 0 Å². The summed E-state index contributed by atoms with van der Waals surface area (Å²) in [4.78, 5) is 23.8. The Bertz CT molecular complexity index is 224. The van der Waals surface area contributed by atoms with Crippen molar-refractivity contribution in [3.8, 4) is 0 Å². The van der Waals surface area contributed by atoms with Crippen molar-refractivity contribution in [1.82, 2.24) is 4.90 Å². The van der Waals surface area contributed by atoms with Crippen LogP contribution in [0.3, 0.4) is 0 Å². The summed E-state index contributed by atoms with van der Waals surface area (Å²) in [6, 6.07) is 0. The summed E-state index contributed by atoms with van der Waals surface area (Å²) in [6.07, 6.45) is 7.34. The van der Waals surface area contributed by atoms with E-state index in [1.54, 1.807) is 0 Å². The summed E-state index contributed by atoms with van der Waals surface area (Å²) in [5, 5.41) is 0. The van der Waals surface area contributed by atoms with Gasteiger partial charge in [0.25, 0.3) is 0 Å². The zero-order chi connectivity index (χ0) is 11.8. The third-order valence-electron chi connectivity index (χ3n) is 2.76. The molecule has 0 amide bonds. The third-order valence-corrected chi connectivity index (χ3v) is 2.76. The normalized spacial score (nSPS) is 17.6. The van der Waals surface area contributed by atoms with Crippen LogP contribution in [-0.4, -0.2) is 36.5 Å². The highest BCUT2D eigenvalue weighted by Crippen LogP contribution is 2.07. The number of nitrogens with zero attached hydrogens (tertiary/aromatic N) is 1. The van der Waals surface area contributed by atoms with Gasteiger partial charge < -0.3 is 4.74 Å². The number of unbranched alkanes of at least 4 members (excludes halogenated alkanes) is 5. The second kappa shape index (κ2) is 7.39. The van der Waals surface area contributed by atoms with Crippen molar-refractivity contribution in [3.05, 3.63) is 0 Å². The molecule has 0 aromatic carbocycles. The van der Waals surface area contributed by atoms with Crippen molar-refractivity contribution in [2.75, 3.05) is 19.6 Å². The SMILES string of the molecule is CCCCCCCCN1CC(=O)OC(=O)C1. The van der Waals surface area contributed by atoms with E-state index >= 15 is 0 Å². The van der Waals surface area contributed by atoms with E-state index in [-0.39, 0.29) is 13.1 Å². The van der Waals surface area contributed by atoms with Crippen molar-refractivity contribution >= 4 is 11.9 Å². The average molecular weight is 227 g/mol. The predicted molar refractivity (Wildman–Crippen MR) is 60.9 cm³/mol. The largest absolute Gasteiger partial charge is 0.391 e. The average Bonchev–Trinajstić information content (AvgIpc) is 2.22. The number of hydrogen-bond donors (Lipinski definition) is 0. The molecule has 1 rings (SSSR count). The van der Waals surface area contributed by atoms with Crippen molar-refractivity contribution in [1.29, 1.82) is 0 Å². The molecule has 0 N–H and O–H groups in total. The summed E-state index contributed by atoms with van der Waals surface area (Å²) in [7, 11) is 0. The molecule has 0 aliphatic carbocycles. The fourth-order valence-corrected chi connectivity index (χ4v) is 1.89. The maximum Gasteiger partial charge on any atom is 0.327 e. The molecule has 1 aliphatic heterocycles. The Balaban J connectivity index is 2.04. The van der Waals surface area contributed by atoms with E-state index in [2.05, 4.69) is 11.7 Å². The quantitative estimate of drug-likeness (QED) is 0.377. The molecule has 0 aromatic rings. The molecule has 1 aliphatic rings. The van der Waals surface area contributed by atoms with Gasteiger partial charge in [-0.05, 0) is 13.0 Å². The van der Waals surface area contributed by atoms with Crippen LogP contribution in [0.2, 0.25) is 0 Å². The number of rotatable bonds is 7. The molecule has 4 nitrogen and oxygen atoms in total. The number of morpholine rings is 1. The van der Waals surface area contributed by atoms with Gasteiger partial charge in [-0.3, -0.25) is 14.5 Å². The highest BCUT2D eigenvalue weighted by molar-refractivity contribution is 5.90. The van der Waals surface area contributed by atoms with Gasteiger partial charge in [0.15, 0.2) is 0 Å². The minimum atomic E-state index is -0.415. The van der Waals surface area contributed by atoms with E-state index in [0.29, 0.717) is 0 Å². The van der Waals surface area contributed by atoms with Crippen LogP contribution < -0.4 is 0 Å². The monoisotopic (exact) mass is 227 g/mol. The Morgan fingerprint density at radius 1 is 1.00 bits per heavy atom. The van der Waals surface area contributed by atoms with Gasteiger partial charge in [0.2, 0.25) is 0 Å². The fraction of sp³-hybridized carbons (Fsp3) is 0.833. The highest BCUT2D eigenvalue weighted by Gasteiger charge is 2.23. The van der Waals surface area contributed by atoms with E-state index in [1.807, 2.05) is 4.90 Å². The first-order valence-electron chi connectivity index (χ1n) is 6.18. The van der Waals surface area contributed by atoms with Crippen LogP contribution in [0, 0.1) is 0 Å². The molecule has 0 saturated carbocycles. The lowest BCUT2D eigenvalue weighted by molar-refractivity contribution is -0.166. The third kappa shape index (κ3) is 5.26. The molecule has 0 bridgehead atoms. The van der Waals surface area contributed by atoms with E-state index < -0.39 is 11.9 Å². The van der Waals surface area contributed by atoms with E-state index in [0.717, 1.165) is 13.0 Å². The second-order valence-electron chi connectivity index (χ2n) is 4.32. The summed E-state index contributed by atoms with van der Waals surface area (Å²) < 4.78 is 4.46. The first-order valence-corrected chi connectivity index (χ1v) is 6.18. The lowest BCUT2D eigenvalue weighted by atomic mass is 10.1. The zero-order valence-electron chi connectivity index (χ0n) is 10.0. The van der Waals surface area contributed by atoms with Crippen molar-refractivity contribution in [3.63, 3.8) is 0 Å². The molecule has 0 spiro atoms. The van der Waals surface area contributed by atoms with Crippen LogP contribution in [0.15, 0.2) is 0 Å². The summed E-state index contributed by atoms with van der Waals surface area (Å²) in [6.45, 7) is 3.55. The highest BCUT2D eigenvalue weighted by atomic mass is 16.6. The Labute approximate surface area is 96.9 Å². The maximum atomic E-state index is 11.0. The topological polar surface area (TPSA) is 46.6 Å². The minimum absolute atomic E-state index is 0.265. The standard InChI is InChI=1S/C12H21NO3/c1-2-3-4-5-6-7-8-13-9-11(14)16-12(15)10-13/h2-10H2,1H3. The Hall–Kier alpha value is -0.900. The van der Waals surface area contributed by atoms with Crippen LogP contribution in [0.4, 0.5) is 0 Å². The molecule has 1 heterocycles. The van der Waals surface area contributed by atoms with Gasteiger partial charge in [0.05, 0.1) is 13.1 Å². The van der Waals surface area contributed by atoms with Crippen LogP contribution in [0.5, 0.6) is 0 Å². The number of carbonyl (C=O) groups is 2. The van der Waals surface area contributed by atoms with Crippen LogP contribution in [-0.2, 0) is 14.3 Å². The summed E-state index contributed by atoms with van der Waals surface area (Å²) in [5.74, 6) is -0.829. The smallest absolute Gasteiger partial charge is 0.327 e. The van der Waals surface area contributed by atoms with Gasteiger partial charge in [-0.2, -0.15) is 0 Å². The molecule has 16 heavy (non-hydrogen) atoms. The summed E-state index contributed by atoms with van der Waals surface area (Å²) in [5.41, 5.74) is 0. The van der Waals surface area contributed by atoms with Crippen molar-refractivity contribution < 1.29 is 14.3 Å². The molecule has 0 aromatic heterocycles. The Morgan fingerprint density at radius 2 is 1.56 bits per heavy atom. The number of carbonyl (C=O) groups excluding carboxylic acids is 2. The second-order valence-corrected chi connectivity index (χ2v) is 4.32. The van der Waals surface area contributed by atoms with Gasteiger partial charge in [0.1, 0.15) is 0 Å². The lowest BCUT2D eigenvalue weighted by Gasteiger charge is -2.23. The lowest BCUT2D eigenvalue weighted by Crippen LogP contribution is -2.43. The molecule has 0 radical (unpaired) electrons. The number of hydrogen-bond acceptors (Lipinski definition) is 4. The Kier molecular flexibility index (Phi) is 6.08. The fourth-order valence-electron chi connectivity index (χ4n) is 1.89. The van der Waals surface area contributed by atoms with E-state index in [1.165, 1.54) is 32.1 Å². The molecule has 0 unspecified atom stereocenters. The molecule has 0 atom stereocenters. The van der Waals surface area contributed by atoms with Gasteiger partial charge >= 0.3 is 11.9 Å². The number of esters is 2. The Morgan fingerprint density at radius 3 is 2.19 bits per heavy atom. The van der Waals surface area contributed by atoms with Crippen molar-refractivity contribution in [2.24, 2.45) is 0 Å². The molecular formula is C12H21NO3. The van der Waals surface area contributed by atoms with Gasteiger partial charge in [0, 0.05) is 0 Å². The molecule has 1 saturated heterocycles. The molecule has 4 heteroatoms. The minimum Gasteiger partial charge on any atom is -0.391 e. The first kappa shape index (κ1) is 13.2. The first-order chi connectivity index (χ1) is 7.72. The van der Waals surface area contributed by atoms with Gasteiger partial charge in [-0.25, -0.2) is 0 Å². The van der Waals surface area contributed by atoms with Crippen molar-refractivity contribution in [2.45, 2.75) is 45.4 Å². The zero-order valence-corrected chi connectivity index (χ0v) is 10.0. The molecule has 92 valence electrons. The summed E-state index contributed by atoms with van der Waals surface area (Å²) >= 11 is 0. The van der Waals surface area contributed by atoms with Crippen LogP contribution >= 0.6 is 0 Å². The number of cyclic esters (lactones) is 2. The maximum absolute atomic E-state index is 11.0. The number of ether oxygens (including phenoxy) is 1. The van der Waals surface area contributed by atoms with Crippen LogP contribution in [0.25, 0.3) is 0 Å². The van der Waals surface area contributed by atoms with Crippen LogP contribution in [0.1, 0.15) is 45.4 Å². The van der Waals surface area contributed by atoms with Gasteiger partial charge in [-0.1, -0.05) is 39.0 Å². The molecular weight excluding hydrogens is 206 g/mol. The molecule has 1 fully saturated rings. The van der Waals surface area contributed by atoms with E-state index in [9.17, 15) is 9.59 Å². The van der Waals surface area contributed by atoms with Gasteiger partial charge in [-0.15, -0.1) is 0 Å². The predicted octanol–water partition coefficient (Wildman–Crippen LogP) is 1.73.